The Hall–Kier alpha value is -1.50. The van der Waals surface area contributed by atoms with E-state index in [0.29, 0.717) is 11.6 Å². The highest BCUT2D eigenvalue weighted by atomic mass is 32.2. The number of nitrogens with zero attached hydrogens (tertiary/aromatic N) is 3. The number of ether oxygens (including phenoxy) is 1. The van der Waals surface area contributed by atoms with Crippen LogP contribution in [-0.4, -0.2) is 39.0 Å². The van der Waals surface area contributed by atoms with Crippen molar-refractivity contribution in [2.24, 2.45) is 0 Å². The van der Waals surface area contributed by atoms with Gasteiger partial charge in [0.1, 0.15) is 11.1 Å². The maximum absolute atomic E-state index is 5.68. The summed E-state index contributed by atoms with van der Waals surface area (Å²) < 4.78 is 7.75. The maximum Gasteiger partial charge on any atom is 0.136 e. The lowest BCUT2D eigenvalue weighted by Crippen LogP contribution is -2.41. The van der Waals surface area contributed by atoms with Gasteiger partial charge in [0.25, 0.3) is 0 Å². The Balaban J connectivity index is 1.38. The number of aromatic nitrogens is 2. The Morgan fingerprint density at radius 3 is 3.32 bits per heavy atom. The van der Waals surface area contributed by atoms with Gasteiger partial charge in [0.2, 0.25) is 0 Å². The van der Waals surface area contributed by atoms with Crippen LogP contribution in [0.2, 0.25) is 0 Å². The van der Waals surface area contributed by atoms with E-state index in [2.05, 4.69) is 49.5 Å². The highest BCUT2D eigenvalue weighted by Crippen LogP contribution is 2.25. The van der Waals surface area contributed by atoms with E-state index >= 15 is 0 Å². The van der Waals surface area contributed by atoms with Crippen molar-refractivity contribution in [3.8, 4) is 0 Å². The molecule has 2 aromatic heterocycles. The van der Waals surface area contributed by atoms with Crippen LogP contribution in [0.4, 0.5) is 0 Å². The number of hydrogen-bond acceptors (Lipinski definition) is 5. The molecule has 6 heteroatoms. The predicted octanol–water partition coefficient (Wildman–Crippen LogP) is 2.41. The summed E-state index contributed by atoms with van der Waals surface area (Å²) in [4.78, 5) is 6.62. The van der Waals surface area contributed by atoms with Gasteiger partial charge in [0.15, 0.2) is 0 Å². The molecule has 2 aromatic rings. The van der Waals surface area contributed by atoms with Crippen LogP contribution in [0.3, 0.4) is 0 Å². The fourth-order valence-corrected chi connectivity index (χ4v) is 3.82. The van der Waals surface area contributed by atoms with Gasteiger partial charge >= 0.3 is 0 Å². The van der Waals surface area contributed by atoms with Crippen molar-refractivity contribution in [3.63, 3.8) is 0 Å². The predicted molar refractivity (Wildman–Crippen MR) is 88.2 cm³/mol. The van der Waals surface area contributed by atoms with Crippen molar-refractivity contribution in [3.05, 3.63) is 47.9 Å². The minimum absolute atomic E-state index is 0.294. The molecule has 2 atom stereocenters. The van der Waals surface area contributed by atoms with Crippen LogP contribution >= 0.6 is 11.8 Å². The molecule has 2 aliphatic rings. The van der Waals surface area contributed by atoms with E-state index in [1.54, 1.807) is 0 Å². The number of imidazole rings is 1. The third-order valence-electron chi connectivity index (χ3n) is 4.12. The summed E-state index contributed by atoms with van der Waals surface area (Å²) in [5.74, 6) is 0. The minimum Gasteiger partial charge on any atom is -0.377 e. The summed E-state index contributed by atoms with van der Waals surface area (Å²) in [5, 5.41) is 5.76. The molecule has 0 aromatic carbocycles. The molecule has 0 radical (unpaired) electrons. The first kappa shape index (κ1) is 14.1. The molecule has 0 spiro atoms. The van der Waals surface area contributed by atoms with E-state index < -0.39 is 0 Å². The van der Waals surface area contributed by atoms with Crippen LogP contribution in [0.25, 0.3) is 5.65 Å². The van der Waals surface area contributed by atoms with Crippen LogP contribution in [0, 0.1) is 0 Å². The van der Waals surface area contributed by atoms with E-state index in [0.717, 1.165) is 25.3 Å². The van der Waals surface area contributed by atoms with Crippen molar-refractivity contribution in [1.82, 2.24) is 19.6 Å². The van der Waals surface area contributed by atoms with E-state index in [1.165, 1.54) is 18.4 Å². The lowest BCUT2D eigenvalue weighted by molar-refractivity contribution is 0.105. The quantitative estimate of drug-likeness (QED) is 0.917. The highest BCUT2D eigenvalue weighted by Gasteiger charge is 2.22. The normalized spacial score (nSPS) is 24.6. The smallest absolute Gasteiger partial charge is 0.136 e. The number of rotatable bonds is 5. The molecule has 5 nitrogen and oxygen atoms in total. The van der Waals surface area contributed by atoms with Crippen molar-refractivity contribution in [2.75, 3.05) is 13.2 Å². The Morgan fingerprint density at radius 2 is 2.41 bits per heavy atom. The fraction of sp³-hybridized carbons (Fsp3) is 0.438. The van der Waals surface area contributed by atoms with Gasteiger partial charge < -0.3 is 14.0 Å². The van der Waals surface area contributed by atoms with Crippen LogP contribution in [-0.2, 0) is 11.3 Å². The lowest BCUT2D eigenvalue weighted by Gasteiger charge is -2.26. The third-order valence-corrected chi connectivity index (χ3v) is 5.09. The van der Waals surface area contributed by atoms with Crippen LogP contribution < -0.4 is 5.32 Å². The second kappa shape index (κ2) is 6.32. The molecule has 22 heavy (non-hydrogen) atoms. The van der Waals surface area contributed by atoms with Crippen LogP contribution in [0.5, 0.6) is 0 Å². The summed E-state index contributed by atoms with van der Waals surface area (Å²) in [6, 6.07) is 4.22. The van der Waals surface area contributed by atoms with Gasteiger partial charge in [-0.05, 0) is 29.9 Å². The van der Waals surface area contributed by atoms with Crippen molar-refractivity contribution < 1.29 is 4.74 Å². The van der Waals surface area contributed by atoms with Gasteiger partial charge in [-0.15, -0.1) is 0 Å². The van der Waals surface area contributed by atoms with E-state index in [9.17, 15) is 0 Å². The third kappa shape index (κ3) is 2.99. The molecule has 1 saturated heterocycles. The Kier molecular flexibility index (Phi) is 4.05. The molecule has 0 aliphatic carbocycles. The molecule has 2 unspecified atom stereocenters. The van der Waals surface area contributed by atoms with E-state index in [-0.39, 0.29) is 0 Å². The molecule has 0 amide bonds. The summed E-state index contributed by atoms with van der Waals surface area (Å²) in [5.41, 5.74) is 2.56. The number of nitrogens with one attached hydrogen (secondary N) is 1. The molecule has 4 rings (SSSR count). The molecule has 1 fully saturated rings. The lowest BCUT2D eigenvalue weighted by atomic mass is 10.2. The molecule has 116 valence electrons. The second-order valence-electron chi connectivity index (χ2n) is 5.72. The largest absolute Gasteiger partial charge is 0.377 e. The molecule has 2 aliphatic heterocycles. The standard InChI is InChI=1S/C16H20N4OS/c1-2-14(21-8-1)10-18-16-20(7-9-22-16)12-13-3-4-15-17-5-6-19(15)11-13/h3-7,9,11,14,16,18H,1-2,8,10,12H2. The summed E-state index contributed by atoms with van der Waals surface area (Å²) in [7, 11) is 0. The zero-order valence-corrected chi connectivity index (χ0v) is 13.2. The molecule has 1 N–H and O–H groups in total. The first-order chi connectivity index (χ1) is 10.9. The van der Waals surface area contributed by atoms with Gasteiger partial charge in [-0.3, -0.25) is 5.32 Å². The van der Waals surface area contributed by atoms with Crippen LogP contribution in [0.15, 0.2) is 42.3 Å². The molecule has 0 saturated carbocycles. The number of thioether (sulfide) groups is 1. The molecule has 0 bridgehead atoms. The Morgan fingerprint density at radius 1 is 1.41 bits per heavy atom. The zero-order valence-electron chi connectivity index (χ0n) is 12.4. The first-order valence-corrected chi connectivity index (χ1v) is 8.67. The number of fused-ring (bicyclic) bond motifs is 1. The zero-order chi connectivity index (χ0) is 14.8. The molecule has 4 heterocycles. The second-order valence-corrected chi connectivity index (χ2v) is 6.71. The summed E-state index contributed by atoms with van der Waals surface area (Å²) in [6.45, 7) is 2.73. The van der Waals surface area contributed by atoms with Gasteiger partial charge in [0, 0.05) is 44.5 Å². The van der Waals surface area contributed by atoms with Gasteiger partial charge in [-0.25, -0.2) is 4.98 Å². The summed E-state index contributed by atoms with van der Waals surface area (Å²) in [6.07, 6.45) is 10.9. The van der Waals surface area contributed by atoms with Gasteiger partial charge in [0.05, 0.1) is 6.10 Å². The van der Waals surface area contributed by atoms with E-state index in [4.69, 9.17) is 4.74 Å². The molecular formula is C16H20N4OS. The fourth-order valence-electron chi connectivity index (χ4n) is 2.95. The average Bonchev–Trinajstić information content (AvgIpc) is 3.27. The van der Waals surface area contributed by atoms with Crippen LogP contribution in [0.1, 0.15) is 18.4 Å². The van der Waals surface area contributed by atoms with Crippen molar-refractivity contribution >= 4 is 17.4 Å². The number of hydrogen-bond donors (Lipinski definition) is 1. The van der Waals surface area contributed by atoms with Crippen molar-refractivity contribution in [2.45, 2.75) is 31.0 Å². The molecular weight excluding hydrogens is 296 g/mol. The monoisotopic (exact) mass is 316 g/mol. The minimum atomic E-state index is 0.294. The van der Waals surface area contributed by atoms with Gasteiger partial charge in [-0.2, -0.15) is 0 Å². The van der Waals surface area contributed by atoms with Gasteiger partial charge in [-0.1, -0.05) is 17.8 Å². The van der Waals surface area contributed by atoms with E-state index in [1.807, 2.05) is 24.2 Å². The SMILES string of the molecule is C1=CN(Cc2ccc3nccn3c2)C(NCC2CCCO2)S1. The first-order valence-electron chi connectivity index (χ1n) is 7.73. The highest BCUT2D eigenvalue weighted by molar-refractivity contribution is 8.02. The average molecular weight is 316 g/mol. The number of pyridine rings is 1. The maximum atomic E-state index is 5.68. The summed E-state index contributed by atoms with van der Waals surface area (Å²) >= 11 is 1.82. The topological polar surface area (TPSA) is 41.8 Å². The Labute approximate surface area is 134 Å². The van der Waals surface area contributed by atoms with Crippen molar-refractivity contribution in [1.29, 1.82) is 0 Å². The Bertz CT molecular complexity index is 665.